The van der Waals surface area contributed by atoms with Crippen molar-refractivity contribution in [2.75, 3.05) is 5.32 Å². The predicted octanol–water partition coefficient (Wildman–Crippen LogP) is 5.63. The summed E-state index contributed by atoms with van der Waals surface area (Å²) in [4.78, 5) is 22.8. The number of carbonyl (C=O) groups excluding carboxylic acids is 1. The smallest absolute Gasteiger partial charge is 0.294 e. The molecule has 3 rings (SSSR count). The molecule has 0 radical (unpaired) electrons. The summed E-state index contributed by atoms with van der Waals surface area (Å²) in [6, 6.07) is 12.2. The topological polar surface area (TPSA) is 94.6 Å². The van der Waals surface area contributed by atoms with Gasteiger partial charge in [-0.2, -0.15) is 0 Å². The van der Waals surface area contributed by atoms with Gasteiger partial charge in [-0.05, 0) is 55.0 Å². The number of rotatable bonds is 6. The van der Waals surface area contributed by atoms with E-state index in [2.05, 4.69) is 5.32 Å². The second-order valence-corrected chi connectivity index (χ2v) is 6.71. The number of carbonyl (C=O) groups is 1. The van der Waals surface area contributed by atoms with Gasteiger partial charge in [0.1, 0.15) is 23.8 Å². The molecule has 28 heavy (non-hydrogen) atoms. The highest BCUT2D eigenvalue weighted by atomic mass is 35.5. The number of aryl methyl sites for hydroxylation is 1. The van der Waals surface area contributed by atoms with Gasteiger partial charge in [-0.25, -0.2) is 0 Å². The third kappa shape index (κ3) is 4.62. The zero-order valence-electron chi connectivity index (χ0n) is 14.6. The van der Waals surface area contributed by atoms with Gasteiger partial charge in [0.25, 0.3) is 11.6 Å². The van der Waals surface area contributed by atoms with Crippen LogP contribution in [0.3, 0.4) is 0 Å². The summed E-state index contributed by atoms with van der Waals surface area (Å²) in [6.07, 6.45) is 0. The molecule has 1 N–H and O–H groups in total. The van der Waals surface area contributed by atoms with E-state index >= 15 is 0 Å². The SMILES string of the molecule is Cc1cc(Cl)ccc1OCc1ccc(C(=O)Nc2ccc(Cl)cc2[N+](=O)[O-])o1. The first kappa shape index (κ1) is 19.7. The summed E-state index contributed by atoms with van der Waals surface area (Å²) in [5, 5.41) is 14.4. The highest BCUT2D eigenvalue weighted by Crippen LogP contribution is 2.28. The van der Waals surface area contributed by atoms with Crippen LogP contribution in [0.1, 0.15) is 21.9 Å². The fourth-order valence-electron chi connectivity index (χ4n) is 2.45. The molecule has 0 aliphatic carbocycles. The lowest BCUT2D eigenvalue weighted by Crippen LogP contribution is -2.12. The fraction of sp³-hybridized carbons (Fsp3) is 0.105. The Balaban J connectivity index is 1.68. The number of hydrogen-bond donors (Lipinski definition) is 1. The molecule has 0 saturated heterocycles. The predicted molar refractivity (Wildman–Crippen MR) is 105 cm³/mol. The Morgan fingerprint density at radius 1 is 1.14 bits per heavy atom. The molecule has 1 amide bonds. The lowest BCUT2D eigenvalue weighted by atomic mass is 10.2. The van der Waals surface area contributed by atoms with Crippen LogP contribution < -0.4 is 10.1 Å². The lowest BCUT2D eigenvalue weighted by Gasteiger charge is -2.08. The number of nitrogens with one attached hydrogen (secondary N) is 1. The number of halogens is 2. The molecule has 7 nitrogen and oxygen atoms in total. The number of furan rings is 1. The average Bonchev–Trinajstić information content (AvgIpc) is 3.11. The van der Waals surface area contributed by atoms with E-state index in [0.29, 0.717) is 16.5 Å². The summed E-state index contributed by atoms with van der Waals surface area (Å²) < 4.78 is 11.1. The molecule has 0 saturated carbocycles. The minimum atomic E-state index is -0.628. The van der Waals surface area contributed by atoms with Gasteiger partial charge < -0.3 is 14.5 Å². The van der Waals surface area contributed by atoms with Crippen LogP contribution in [0.15, 0.2) is 52.9 Å². The van der Waals surface area contributed by atoms with Crippen LogP contribution in [-0.2, 0) is 6.61 Å². The number of nitro groups is 1. The molecule has 0 bridgehead atoms. The molecule has 9 heteroatoms. The maximum absolute atomic E-state index is 12.3. The van der Waals surface area contributed by atoms with E-state index in [1.807, 2.05) is 6.92 Å². The average molecular weight is 421 g/mol. The molecule has 0 aliphatic heterocycles. The van der Waals surface area contributed by atoms with Crippen molar-refractivity contribution in [1.82, 2.24) is 0 Å². The van der Waals surface area contributed by atoms with Gasteiger partial charge in [-0.3, -0.25) is 14.9 Å². The van der Waals surface area contributed by atoms with Crippen molar-refractivity contribution in [3.63, 3.8) is 0 Å². The van der Waals surface area contributed by atoms with Crippen LogP contribution in [0.5, 0.6) is 5.75 Å². The second-order valence-electron chi connectivity index (χ2n) is 5.84. The van der Waals surface area contributed by atoms with Gasteiger partial charge in [0.05, 0.1) is 4.92 Å². The van der Waals surface area contributed by atoms with Gasteiger partial charge in [-0.1, -0.05) is 23.2 Å². The van der Waals surface area contributed by atoms with Gasteiger partial charge in [0.15, 0.2) is 5.76 Å². The highest BCUT2D eigenvalue weighted by molar-refractivity contribution is 6.31. The lowest BCUT2D eigenvalue weighted by molar-refractivity contribution is -0.383. The third-order valence-electron chi connectivity index (χ3n) is 3.80. The normalized spacial score (nSPS) is 10.5. The van der Waals surface area contributed by atoms with E-state index in [-0.39, 0.29) is 28.8 Å². The minimum Gasteiger partial charge on any atom is -0.485 e. The quantitative estimate of drug-likeness (QED) is 0.411. The zero-order chi connectivity index (χ0) is 20.3. The van der Waals surface area contributed by atoms with E-state index in [1.165, 1.54) is 18.2 Å². The van der Waals surface area contributed by atoms with E-state index in [1.54, 1.807) is 24.3 Å². The first-order valence-corrected chi connectivity index (χ1v) is 8.82. The molecule has 0 spiro atoms. The Morgan fingerprint density at radius 2 is 1.86 bits per heavy atom. The Kier molecular flexibility index (Phi) is 5.87. The van der Waals surface area contributed by atoms with Crippen LogP contribution in [0.2, 0.25) is 10.0 Å². The number of ether oxygens (including phenoxy) is 1. The summed E-state index contributed by atoms with van der Waals surface area (Å²) in [5.74, 6) is 0.434. The summed E-state index contributed by atoms with van der Waals surface area (Å²) in [5.41, 5.74) is 0.576. The monoisotopic (exact) mass is 420 g/mol. The number of nitro benzene ring substituents is 1. The van der Waals surface area contributed by atoms with Crippen LogP contribution in [0.4, 0.5) is 11.4 Å². The molecule has 0 aliphatic rings. The number of benzene rings is 2. The summed E-state index contributed by atoms with van der Waals surface area (Å²) in [7, 11) is 0. The Hall–Kier alpha value is -3.03. The van der Waals surface area contributed by atoms with Crippen LogP contribution >= 0.6 is 23.2 Å². The fourth-order valence-corrected chi connectivity index (χ4v) is 2.84. The van der Waals surface area contributed by atoms with Crippen LogP contribution in [0.25, 0.3) is 0 Å². The van der Waals surface area contributed by atoms with Crippen molar-refractivity contribution >= 4 is 40.5 Å². The van der Waals surface area contributed by atoms with Crippen molar-refractivity contribution < 1.29 is 18.9 Å². The molecular formula is C19H14Cl2N2O5. The van der Waals surface area contributed by atoms with Crippen molar-refractivity contribution in [2.45, 2.75) is 13.5 Å². The molecule has 0 fully saturated rings. The zero-order valence-corrected chi connectivity index (χ0v) is 16.1. The van der Waals surface area contributed by atoms with Gasteiger partial charge >= 0.3 is 0 Å². The standard InChI is InChI=1S/C19H14Cl2N2O5/c1-11-8-12(20)3-6-17(11)27-10-14-4-7-18(28-14)19(24)22-15-5-2-13(21)9-16(15)23(25)26/h2-9H,10H2,1H3,(H,22,24). The molecule has 144 valence electrons. The number of anilines is 1. The third-order valence-corrected chi connectivity index (χ3v) is 4.27. The molecule has 0 atom stereocenters. The molecule has 0 unspecified atom stereocenters. The van der Waals surface area contributed by atoms with E-state index in [0.717, 1.165) is 11.6 Å². The van der Waals surface area contributed by atoms with Crippen molar-refractivity contribution in [2.24, 2.45) is 0 Å². The number of amides is 1. The maximum atomic E-state index is 12.3. The largest absolute Gasteiger partial charge is 0.485 e. The highest BCUT2D eigenvalue weighted by Gasteiger charge is 2.19. The maximum Gasteiger partial charge on any atom is 0.294 e. The van der Waals surface area contributed by atoms with Crippen molar-refractivity contribution in [3.05, 3.63) is 85.8 Å². The first-order chi connectivity index (χ1) is 13.3. The number of nitrogens with zero attached hydrogens (tertiary/aromatic N) is 1. The van der Waals surface area contributed by atoms with Gasteiger partial charge in [-0.15, -0.1) is 0 Å². The minimum absolute atomic E-state index is 0.00400. The van der Waals surface area contributed by atoms with Gasteiger partial charge in [0, 0.05) is 16.1 Å². The first-order valence-electron chi connectivity index (χ1n) is 8.06. The summed E-state index contributed by atoms with van der Waals surface area (Å²) in [6.45, 7) is 1.97. The molecule has 1 heterocycles. The Morgan fingerprint density at radius 3 is 2.57 bits per heavy atom. The molecule has 3 aromatic rings. The van der Waals surface area contributed by atoms with Crippen molar-refractivity contribution in [1.29, 1.82) is 0 Å². The molecular weight excluding hydrogens is 407 g/mol. The van der Waals surface area contributed by atoms with E-state index in [4.69, 9.17) is 32.4 Å². The van der Waals surface area contributed by atoms with Crippen molar-refractivity contribution in [3.8, 4) is 5.75 Å². The van der Waals surface area contributed by atoms with Gasteiger partial charge in [0.2, 0.25) is 0 Å². The van der Waals surface area contributed by atoms with E-state index < -0.39 is 10.8 Å². The number of hydrogen-bond acceptors (Lipinski definition) is 5. The molecule has 1 aromatic heterocycles. The van der Waals surface area contributed by atoms with Crippen LogP contribution in [0, 0.1) is 17.0 Å². The molecule has 2 aromatic carbocycles. The Labute approximate surface area is 170 Å². The Bertz CT molecular complexity index is 1050. The second kappa shape index (κ2) is 8.33. The van der Waals surface area contributed by atoms with Crippen LogP contribution in [-0.4, -0.2) is 10.8 Å². The van der Waals surface area contributed by atoms with E-state index in [9.17, 15) is 14.9 Å². The summed E-state index contributed by atoms with van der Waals surface area (Å²) >= 11 is 11.7.